The van der Waals surface area contributed by atoms with Crippen molar-refractivity contribution in [2.75, 3.05) is 11.9 Å². The summed E-state index contributed by atoms with van der Waals surface area (Å²) in [5.41, 5.74) is 2.60. The lowest BCUT2D eigenvalue weighted by atomic mass is 9.96. The van der Waals surface area contributed by atoms with Crippen molar-refractivity contribution in [1.29, 1.82) is 0 Å². The number of nitrogens with one attached hydrogen (secondary N) is 2. The molecule has 0 fully saturated rings. The van der Waals surface area contributed by atoms with E-state index in [-0.39, 0.29) is 6.03 Å². The lowest BCUT2D eigenvalue weighted by Crippen LogP contribution is -2.28. The average Bonchev–Trinajstić information content (AvgIpc) is 2.89. The summed E-state index contributed by atoms with van der Waals surface area (Å²) in [6.07, 6.45) is 5.15. The minimum atomic E-state index is -0.278. The van der Waals surface area contributed by atoms with Crippen LogP contribution >= 0.6 is 0 Å². The first-order valence-corrected chi connectivity index (χ1v) is 6.99. The number of fused-ring (bicyclic) bond motifs is 1. The number of rotatable bonds is 3. The number of urea groups is 1. The molecule has 22 heavy (non-hydrogen) atoms. The van der Waals surface area contributed by atoms with E-state index in [1.54, 1.807) is 24.7 Å². The Morgan fingerprint density at radius 1 is 1.32 bits per heavy atom. The minimum absolute atomic E-state index is 0.278. The van der Waals surface area contributed by atoms with Gasteiger partial charge in [0.2, 0.25) is 0 Å². The van der Waals surface area contributed by atoms with Gasteiger partial charge in [-0.2, -0.15) is 0 Å². The number of amides is 2. The van der Waals surface area contributed by atoms with Crippen LogP contribution in [0.3, 0.4) is 0 Å². The Bertz CT molecular complexity index is 817. The molecule has 8 heteroatoms. The third-order valence-corrected chi connectivity index (χ3v) is 3.09. The summed E-state index contributed by atoms with van der Waals surface area (Å²) in [6.45, 7) is 2.42. The van der Waals surface area contributed by atoms with Crippen LogP contribution in [0.2, 0.25) is 0 Å². The van der Waals surface area contributed by atoms with Crippen molar-refractivity contribution in [2.24, 2.45) is 0 Å². The van der Waals surface area contributed by atoms with Gasteiger partial charge in [-0.1, -0.05) is 5.46 Å². The molecular weight excluding hydrogens is 279 g/mol. The van der Waals surface area contributed by atoms with Crippen LogP contribution in [0.4, 0.5) is 10.6 Å². The van der Waals surface area contributed by atoms with E-state index in [0.29, 0.717) is 18.2 Å². The molecule has 0 aliphatic heterocycles. The van der Waals surface area contributed by atoms with E-state index in [1.165, 1.54) is 0 Å². The summed E-state index contributed by atoms with van der Waals surface area (Å²) in [5.74, 6) is 1.09. The van der Waals surface area contributed by atoms with Crippen LogP contribution in [-0.2, 0) is 0 Å². The number of anilines is 1. The molecule has 0 aromatic carbocycles. The number of hydrogen-bond acceptors (Lipinski definition) is 4. The molecule has 2 N–H and O–H groups in total. The van der Waals surface area contributed by atoms with E-state index in [1.807, 2.05) is 31.3 Å². The largest absolute Gasteiger partial charge is 0.338 e. The average molecular weight is 294 g/mol. The van der Waals surface area contributed by atoms with Gasteiger partial charge < -0.3 is 5.32 Å². The molecule has 7 nitrogen and oxygen atoms in total. The van der Waals surface area contributed by atoms with Crippen LogP contribution in [0.15, 0.2) is 36.8 Å². The zero-order valence-corrected chi connectivity index (χ0v) is 12.4. The van der Waals surface area contributed by atoms with Crippen LogP contribution in [0, 0.1) is 0 Å². The Hall–Kier alpha value is -2.90. The Kier molecular flexibility index (Phi) is 3.74. The number of nitrogens with zero attached hydrogens (tertiary/aromatic N) is 4. The van der Waals surface area contributed by atoms with Gasteiger partial charge in [-0.05, 0) is 25.1 Å². The van der Waals surface area contributed by atoms with Gasteiger partial charge in [-0.3, -0.25) is 9.72 Å². The highest BCUT2D eigenvalue weighted by Crippen LogP contribution is 2.18. The lowest BCUT2D eigenvalue weighted by Gasteiger charge is -2.05. The highest BCUT2D eigenvalue weighted by molar-refractivity contribution is 6.33. The Labute approximate surface area is 128 Å². The smallest absolute Gasteiger partial charge is 0.320 e. The quantitative estimate of drug-likeness (QED) is 0.675. The van der Waals surface area contributed by atoms with E-state index in [4.69, 9.17) is 0 Å². The second-order valence-electron chi connectivity index (χ2n) is 4.83. The zero-order chi connectivity index (χ0) is 15.5. The molecule has 110 valence electrons. The van der Waals surface area contributed by atoms with Crippen LogP contribution in [0.5, 0.6) is 0 Å². The molecule has 0 atom stereocenters. The molecule has 2 amide bonds. The summed E-state index contributed by atoms with van der Waals surface area (Å²) in [6, 6.07) is 5.42. The molecule has 0 radical (unpaired) electrons. The number of aromatic nitrogens is 4. The maximum atomic E-state index is 11.6. The van der Waals surface area contributed by atoms with Crippen molar-refractivity contribution in [3.8, 4) is 11.5 Å². The van der Waals surface area contributed by atoms with Crippen molar-refractivity contribution < 1.29 is 4.79 Å². The standard InChI is InChI=1S/C14H15BN6O/c1-2-16-14(22)20-11-8-21-10(13-17-4-3-5-18-13)6-9(15)7-12(21)19-11/h3-8H,2,15H2,1H3,(H2,16,20,22). The van der Waals surface area contributed by atoms with Gasteiger partial charge in [-0.15, -0.1) is 0 Å². The van der Waals surface area contributed by atoms with Crippen LogP contribution in [0.1, 0.15) is 6.92 Å². The first kappa shape index (κ1) is 14.1. The number of pyridine rings is 1. The van der Waals surface area contributed by atoms with Crippen molar-refractivity contribution in [3.63, 3.8) is 0 Å². The normalized spacial score (nSPS) is 10.6. The molecule has 3 aromatic heterocycles. The second kappa shape index (κ2) is 5.84. The fraction of sp³-hybridized carbons (Fsp3) is 0.143. The molecule has 0 aliphatic rings. The van der Waals surface area contributed by atoms with E-state index in [2.05, 4.69) is 25.6 Å². The SMILES string of the molecule is Bc1cc(-c2ncccn2)n2cc(NC(=O)NCC)nc2c1. The monoisotopic (exact) mass is 294 g/mol. The van der Waals surface area contributed by atoms with E-state index in [0.717, 1.165) is 16.8 Å². The van der Waals surface area contributed by atoms with Gasteiger partial charge in [0.05, 0.1) is 11.9 Å². The molecular formula is C14H15BN6O. The first-order chi connectivity index (χ1) is 10.7. The van der Waals surface area contributed by atoms with Crippen LogP contribution in [0.25, 0.3) is 17.2 Å². The Morgan fingerprint density at radius 3 is 2.82 bits per heavy atom. The summed E-state index contributed by atoms with van der Waals surface area (Å²) < 4.78 is 1.86. The molecule has 0 saturated heterocycles. The van der Waals surface area contributed by atoms with Crippen molar-refractivity contribution in [1.82, 2.24) is 24.7 Å². The summed E-state index contributed by atoms with van der Waals surface area (Å²) >= 11 is 0. The summed E-state index contributed by atoms with van der Waals surface area (Å²) in [5, 5.41) is 5.38. The predicted octanol–water partition coefficient (Wildman–Crippen LogP) is 0.191. The zero-order valence-electron chi connectivity index (χ0n) is 12.4. The maximum Gasteiger partial charge on any atom is 0.320 e. The second-order valence-corrected chi connectivity index (χ2v) is 4.83. The van der Waals surface area contributed by atoms with Gasteiger partial charge in [0, 0.05) is 18.9 Å². The van der Waals surface area contributed by atoms with Gasteiger partial charge in [0.25, 0.3) is 0 Å². The first-order valence-electron chi connectivity index (χ1n) is 6.99. The van der Waals surface area contributed by atoms with Crippen molar-refractivity contribution in [3.05, 3.63) is 36.8 Å². The molecule has 0 unspecified atom stereocenters. The number of carbonyl (C=O) groups excluding carboxylic acids is 1. The molecule has 3 aromatic rings. The molecule has 3 rings (SSSR count). The summed E-state index contributed by atoms with van der Waals surface area (Å²) in [7, 11) is 1.98. The van der Waals surface area contributed by atoms with Crippen LogP contribution < -0.4 is 16.1 Å². The highest BCUT2D eigenvalue weighted by Gasteiger charge is 2.11. The van der Waals surface area contributed by atoms with Gasteiger partial charge in [0.1, 0.15) is 13.5 Å². The molecule has 3 heterocycles. The molecule has 0 bridgehead atoms. The van der Waals surface area contributed by atoms with Crippen molar-refractivity contribution >= 4 is 30.8 Å². The predicted molar refractivity (Wildman–Crippen MR) is 87.1 cm³/mol. The van der Waals surface area contributed by atoms with Gasteiger partial charge >= 0.3 is 6.03 Å². The van der Waals surface area contributed by atoms with Gasteiger partial charge in [0.15, 0.2) is 11.6 Å². The number of carbonyl (C=O) groups is 1. The molecule has 0 aliphatic carbocycles. The number of hydrogen-bond donors (Lipinski definition) is 2. The van der Waals surface area contributed by atoms with E-state index < -0.39 is 0 Å². The highest BCUT2D eigenvalue weighted by atomic mass is 16.2. The fourth-order valence-electron chi connectivity index (χ4n) is 2.20. The Morgan fingerprint density at radius 2 is 2.09 bits per heavy atom. The maximum absolute atomic E-state index is 11.6. The third kappa shape index (κ3) is 2.76. The lowest BCUT2D eigenvalue weighted by molar-refractivity contribution is 0.252. The van der Waals surface area contributed by atoms with E-state index >= 15 is 0 Å². The molecule has 0 saturated carbocycles. The fourth-order valence-corrected chi connectivity index (χ4v) is 2.20. The number of imidazole rings is 1. The van der Waals surface area contributed by atoms with E-state index in [9.17, 15) is 4.79 Å². The minimum Gasteiger partial charge on any atom is -0.338 e. The topological polar surface area (TPSA) is 84.2 Å². The van der Waals surface area contributed by atoms with Crippen LogP contribution in [-0.4, -0.2) is 39.8 Å². The Balaban J connectivity index is 2.06. The molecule has 0 spiro atoms. The summed E-state index contributed by atoms with van der Waals surface area (Å²) in [4.78, 5) is 24.6. The van der Waals surface area contributed by atoms with Crippen molar-refractivity contribution in [2.45, 2.75) is 6.92 Å². The van der Waals surface area contributed by atoms with Gasteiger partial charge in [-0.25, -0.2) is 19.7 Å². The third-order valence-electron chi connectivity index (χ3n) is 3.09.